The maximum Gasteiger partial charge on any atom is 0.416 e. The fraction of sp³-hybridized carbons (Fsp3) is 0.381. The number of rotatable bonds is 6. The van der Waals surface area contributed by atoms with Crippen molar-refractivity contribution in [1.82, 2.24) is 25.2 Å². The highest BCUT2D eigenvalue weighted by molar-refractivity contribution is 14.0. The second kappa shape index (κ2) is 9.41. The van der Waals surface area contributed by atoms with Crippen molar-refractivity contribution in [3.63, 3.8) is 0 Å². The van der Waals surface area contributed by atoms with Gasteiger partial charge in [0.05, 0.1) is 5.56 Å². The van der Waals surface area contributed by atoms with Crippen molar-refractivity contribution in [3.05, 3.63) is 65.6 Å². The number of guanidine groups is 1. The number of nitrogens with one attached hydrogen (secondary N) is 2. The third kappa shape index (κ3) is 5.28. The number of alkyl halides is 3. The molecule has 2 aromatic heterocycles. The van der Waals surface area contributed by atoms with Gasteiger partial charge in [0.25, 0.3) is 0 Å². The van der Waals surface area contributed by atoms with Gasteiger partial charge in [0.1, 0.15) is 6.54 Å². The Balaban J connectivity index is 0.00000272. The minimum Gasteiger partial charge on any atom is -0.357 e. The predicted molar refractivity (Wildman–Crippen MR) is 124 cm³/mol. The summed E-state index contributed by atoms with van der Waals surface area (Å²) >= 11 is 0. The van der Waals surface area contributed by atoms with Gasteiger partial charge in [-0.1, -0.05) is 24.3 Å². The van der Waals surface area contributed by atoms with Crippen LogP contribution < -0.4 is 10.6 Å². The normalized spacial score (nSPS) is 15.4. The first-order valence-electron chi connectivity index (χ1n) is 9.90. The van der Waals surface area contributed by atoms with Crippen LogP contribution >= 0.6 is 24.0 Å². The van der Waals surface area contributed by atoms with Crippen molar-refractivity contribution >= 4 is 35.6 Å². The summed E-state index contributed by atoms with van der Waals surface area (Å²) in [6, 6.07) is 11.3. The van der Waals surface area contributed by atoms with Crippen LogP contribution in [0.3, 0.4) is 0 Å². The molecule has 4 rings (SSSR count). The van der Waals surface area contributed by atoms with Crippen molar-refractivity contribution in [1.29, 1.82) is 0 Å². The van der Waals surface area contributed by atoms with E-state index < -0.39 is 11.7 Å². The molecule has 1 aromatic carbocycles. The number of hydrogen-bond acceptors (Lipinski definition) is 3. The lowest BCUT2D eigenvalue weighted by molar-refractivity contribution is -0.137. The first-order chi connectivity index (χ1) is 14.4. The average Bonchev–Trinajstić information content (AvgIpc) is 3.42. The van der Waals surface area contributed by atoms with Crippen molar-refractivity contribution in [2.24, 2.45) is 4.99 Å². The van der Waals surface area contributed by atoms with E-state index in [1.165, 1.54) is 12.1 Å². The van der Waals surface area contributed by atoms with E-state index in [2.05, 4.69) is 25.8 Å². The van der Waals surface area contributed by atoms with Crippen LogP contribution in [0.1, 0.15) is 36.7 Å². The minimum absolute atomic E-state index is 0. The van der Waals surface area contributed by atoms with Gasteiger partial charge in [-0.05, 0) is 43.5 Å². The summed E-state index contributed by atoms with van der Waals surface area (Å²) < 4.78 is 41.1. The fourth-order valence-corrected chi connectivity index (χ4v) is 3.49. The highest BCUT2D eigenvalue weighted by Crippen LogP contribution is 2.48. The molecule has 0 unspecified atom stereocenters. The molecule has 10 heteroatoms. The van der Waals surface area contributed by atoms with Gasteiger partial charge in [-0.15, -0.1) is 34.2 Å². The number of aromatic nitrogens is 3. The summed E-state index contributed by atoms with van der Waals surface area (Å²) in [6.45, 7) is 3.48. The van der Waals surface area contributed by atoms with Crippen molar-refractivity contribution in [2.45, 2.75) is 37.9 Å². The van der Waals surface area contributed by atoms with Crippen LogP contribution in [-0.2, 0) is 18.1 Å². The summed E-state index contributed by atoms with van der Waals surface area (Å²) in [5.41, 5.74) is 0.565. The van der Waals surface area contributed by atoms with E-state index in [1.54, 1.807) is 6.07 Å². The van der Waals surface area contributed by atoms with Crippen LogP contribution in [0.4, 0.5) is 13.2 Å². The number of pyridine rings is 1. The highest BCUT2D eigenvalue weighted by Gasteiger charge is 2.45. The van der Waals surface area contributed by atoms with Gasteiger partial charge in [-0.25, -0.2) is 4.99 Å². The molecule has 3 aromatic rings. The number of fused-ring (bicyclic) bond motifs is 1. The summed E-state index contributed by atoms with van der Waals surface area (Å²) in [5, 5.41) is 14.8. The van der Waals surface area contributed by atoms with Gasteiger partial charge < -0.3 is 10.6 Å². The Hall–Kier alpha value is -2.37. The molecule has 0 radical (unpaired) electrons. The molecule has 2 heterocycles. The molecular weight excluding hydrogens is 520 g/mol. The molecule has 0 atom stereocenters. The van der Waals surface area contributed by atoms with Crippen molar-refractivity contribution in [2.75, 3.05) is 13.1 Å². The summed E-state index contributed by atoms with van der Waals surface area (Å²) in [4.78, 5) is 4.58. The van der Waals surface area contributed by atoms with Gasteiger partial charge in [-0.3, -0.25) is 4.40 Å². The smallest absolute Gasteiger partial charge is 0.357 e. The zero-order valence-corrected chi connectivity index (χ0v) is 19.3. The zero-order chi connectivity index (χ0) is 21.2. The number of aliphatic imine (C=N–C) groups is 1. The Kier molecular flexibility index (Phi) is 7.07. The third-order valence-corrected chi connectivity index (χ3v) is 5.36. The van der Waals surface area contributed by atoms with Gasteiger partial charge in [-0.2, -0.15) is 13.2 Å². The first-order valence-corrected chi connectivity index (χ1v) is 9.90. The molecule has 31 heavy (non-hydrogen) atoms. The summed E-state index contributed by atoms with van der Waals surface area (Å²) in [7, 11) is 0. The first kappa shape index (κ1) is 23.3. The van der Waals surface area contributed by atoms with Gasteiger partial charge in [0.2, 0.25) is 0 Å². The van der Waals surface area contributed by atoms with Crippen LogP contribution in [0, 0.1) is 0 Å². The van der Waals surface area contributed by atoms with Gasteiger partial charge >= 0.3 is 6.18 Å². The van der Waals surface area contributed by atoms with E-state index in [9.17, 15) is 13.2 Å². The Labute approximate surface area is 195 Å². The number of hydrogen-bond donors (Lipinski definition) is 2. The van der Waals surface area contributed by atoms with Gasteiger partial charge in [0, 0.05) is 24.7 Å². The molecule has 0 bridgehead atoms. The molecule has 1 fully saturated rings. The lowest BCUT2D eigenvalue weighted by Gasteiger charge is -2.20. The van der Waals surface area contributed by atoms with Crippen LogP contribution in [0.2, 0.25) is 0 Å². The molecule has 1 aliphatic carbocycles. The Morgan fingerprint density at radius 1 is 1.13 bits per heavy atom. The summed E-state index contributed by atoms with van der Waals surface area (Å²) in [6.07, 6.45) is -0.769. The van der Waals surface area contributed by atoms with Crippen LogP contribution in [0.5, 0.6) is 0 Å². The van der Waals surface area contributed by atoms with E-state index in [4.69, 9.17) is 0 Å². The van der Waals surface area contributed by atoms with E-state index in [-0.39, 0.29) is 29.4 Å². The van der Waals surface area contributed by atoms with E-state index in [1.807, 2.05) is 35.7 Å². The average molecular weight is 544 g/mol. The Morgan fingerprint density at radius 3 is 2.65 bits per heavy atom. The number of nitrogens with zero attached hydrogens (tertiary/aromatic N) is 4. The second-order valence-corrected chi connectivity index (χ2v) is 7.45. The van der Waals surface area contributed by atoms with Gasteiger partial charge in [0.15, 0.2) is 17.4 Å². The highest BCUT2D eigenvalue weighted by atomic mass is 127. The Morgan fingerprint density at radius 2 is 1.94 bits per heavy atom. The molecule has 0 amide bonds. The summed E-state index contributed by atoms with van der Waals surface area (Å²) in [5.74, 6) is 1.31. The predicted octanol–water partition coefficient (Wildman–Crippen LogP) is 4.15. The monoisotopic (exact) mass is 544 g/mol. The zero-order valence-electron chi connectivity index (χ0n) is 17.0. The molecule has 0 aliphatic heterocycles. The standard InChI is InChI=1S/C21H23F3N6.HI/c1-2-25-19(26-13-18-29-28-17-8-3-4-11-30(17)18)27-14-20(9-10-20)15-6-5-7-16(12-15)21(22,23)24;/h3-8,11-12H,2,9-10,13-14H2,1H3,(H2,25,26,27);1H. The quantitative estimate of drug-likeness (QED) is 0.278. The maximum atomic E-state index is 13.1. The topological polar surface area (TPSA) is 66.6 Å². The lowest BCUT2D eigenvalue weighted by atomic mass is 9.94. The molecule has 6 nitrogen and oxygen atoms in total. The molecule has 0 saturated heterocycles. The maximum absolute atomic E-state index is 13.1. The number of halogens is 4. The molecule has 1 aliphatic rings. The minimum atomic E-state index is -4.34. The second-order valence-electron chi connectivity index (χ2n) is 7.45. The van der Waals surface area contributed by atoms with E-state index in [0.717, 1.165) is 24.6 Å². The fourth-order valence-electron chi connectivity index (χ4n) is 3.49. The van der Waals surface area contributed by atoms with E-state index in [0.29, 0.717) is 37.0 Å². The molecule has 1 saturated carbocycles. The lowest BCUT2D eigenvalue weighted by Crippen LogP contribution is -2.41. The molecular formula is C21H24F3IN6. The largest absolute Gasteiger partial charge is 0.416 e. The third-order valence-electron chi connectivity index (χ3n) is 5.36. The SMILES string of the molecule is CCNC(=NCc1nnc2ccccn12)NCC1(c2cccc(C(F)(F)F)c2)CC1.I. The van der Waals surface area contributed by atoms with Crippen molar-refractivity contribution in [3.8, 4) is 0 Å². The van der Waals surface area contributed by atoms with Crippen molar-refractivity contribution < 1.29 is 13.2 Å². The van der Waals surface area contributed by atoms with Crippen LogP contribution in [0.15, 0.2) is 53.7 Å². The van der Waals surface area contributed by atoms with E-state index >= 15 is 0 Å². The molecule has 0 spiro atoms. The Bertz CT molecular complexity index is 1060. The van der Waals surface area contributed by atoms with Crippen LogP contribution in [0.25, 0.3) is 5.65 Å². The molecule has 2 N–H and O–H groups in total. The van der Waals surface area contributed by atoms with Crippen LogP contribution in [-0.4, -0.2) is 33.6 Å². The molecule has 166 valence electrons. The number of benzene rings is 1.